The number of nitrogens with one attached hydrogen (secondary N) is 5. The van der Waals surface area contributed by atoms with E-state index in [1.54, 1.807) is 30.5 Å². The van der Waals surface area contributed by atoms with Gasteiger partial charge in [0.05, 0.1) is 34.2 Å². The van der Waals surface area contributed by atoms with Crippen molar-refractivity contribution in [2.24, 2.45) is 0 Å². The van der Waals surface area contributed by atoms with Gasteiger partial charge in [-0.25, -0.2) is 14.2 Å². The van der Waals surface area contributed by atoms with Gasteiger partial charge in [-0.1, -0.05) is 202 Å². The maximum absolute atomic E-state index is 13.1. The van der Waals surface area contributed by atoms with Gasteiger partial charge in [0, 0.05) is 77.6 Å². The number of carbonyl (C=O) groups excluding carboxylic acids is 5. The van der Waals surface area contributed by atoms with E-state index in [4.69, 9.17) is 0 Å². The minimum Gasteiger partial charge on any atom is -0.348 e. The van der Waals surface area contributed by atoms with Crippen molar-refractivity contribution in [3.05, 3.63) is 286 Å². The second kappa shape index (κ2) is 35.9. The normalized spacial score (nSPS) is 14.1. The highest BCUT2D eigenvalue weighted by atomic mass is 19.1. The van der Waals surface area contributed by atoms with Crippen LogP contribution in [0.5, 0.6) is 0 Å². The predicted molar refractivity (Wildman–Crippen MR) is 426 cm³/mol. The van der Waals surface area contributed by atoms with Crippen molar-refractivity contribution in [1.82, 2.24) is 30.6 Å². The molecule has 4 aliphatic carbocycles. The first-order valence-electron chi connectivity index (χ1n) is 37.0. The molecular formula is C90H106FN7O7. The van der Waals surface area contributed by atoms with Gasteiger partial charge < -0.3 is 25.9 Å². The number of hydrogen-bond acceptors (Lipinski definition) is 9. The lowest BCUT2D eigenvalue weighted by atomic mass is 9.94. The van der Waals surface area contributed by atoms with Gasteiger partial charge >= 0.3 is 6.03 Å². The molecule has 15 rings (SSSR count). The molecular weight excluding hydrogens is 1310 g/mol. The molecule has 0 bridgehead atoms. The molecule has 9 aromatic rings. The van der Waals surface area contributed by atoms with Gasteiger partial charge in [-0.2, -0.15) is 0 Å². The Balaban J connectivity index is 0.000000152. The summed E-state index contributed by atoms with van der Waals surface area (Å²) in [7, 11) is 0. The molecule has 0 atom stereocenters. The molecule has 5 N–H and O–H groups in total. The number of hydrogen-bond donors (Lipinski definition) is 5. The zero-order valence-electron chi connectivity index (χ0n) is 64.4. The number of amides is 3. The first-order valence-corrected chi connectivity index (χ1v) is 37.0. The number of ketones is 3. The third-order valence-corrected chi connectivity index (χ3v) is 19.8. The Morgan fingerprint density at radius 2 is 1.12 bits per heavy atom. The van der Waals surface area contributed by atoms with Crippen LogP contribution in [-0.4, -0.2) is 49.2 Å². The van der Waals surface area contributed by atoms with E-state index in [2.05, 4.69) is 200 Å². The third kappa shape index (κ3) is 20.6. The van der Waals surface area contributed by atoms with Crippen molar-refractivity contribution >= 4 is 57.7 Å². The molecule has 105 heavy (non-hydrogen) atoms. The van der Waals surface area contributed by atoms with Crippen LogP contribution in [0, 0.1) is 5.82 Å². The number of anilines is 1. The number of Topliss-reactive ketones (excluding diaryl/α,β-unsaturated/α-hetero) is 3. The predicted octanol–water partition coefficient (Wildman–Crippen LogP) is 20.8. The third-order valence-electron chi connectivity index (χ3n) is 19.8. The number of rotatable bonds is 9. The second-order valence-electron chi connectivity index (χ2n) is 30.3. The van der Waals surface area contributed by atoms with Gasteiger partial charge in [0.25, 0.3) is 11.5 Å². The summed E-state index contributed by atoms with van der Waals surface area (Å²) in [5, 5.41) is 8.99. The molecule has 6 aromatic carbocycles. The van der Waals surface area contributed by atoms with Gasteiger partial charge in [-0.05, 0) is 189 Å². The summed E-state index contributed by atoms with van der Waals surface area (Å²) in [4.78, 5) is 93.0. The number of benzene rings is 6. The number of urea groups is 1. The Labute approximate surface area is 619 Å². The van der Waals surface area contributed by atoms with Crippen molar-refractivity contribution in [1.29, 1.82) is 0 Å². The second-order valence-corrected chi connectivity index (χ2v) is 30.3. The molecule has 0 radical (unpaired) electrons. The minimum atomic E-state index is -0.433. The number of fused-ring (bicyclic) bond motifs is 7. The number of halogens is 1. The first kappa shape index (κ1) is 80.4. The number of pyridine rings is 2. The van der Waals surface area contributed by atoms with Crippen molar-refractivity contribution < 1.29 is 28.4 Å². The van der Waals surface area contributed by atoms with Crippen LogP contribution in [0.4, 0.5) is 14.9 Å². The topological polar surface area (TPSA) is 213 Å². The largest absolute Gasteiger partial charge is 0.348 e. The molecule has 3 amide bonds. The van der Waals surface area contributed by atoms with E-state index >= 15 is 0 Å². The smallest absolute Gasteiger partial charge is 0.323 e. The highest BCUT2D eigenvalue weighted by Gasteiger charge is 2.52. The molecule has 550 valence electrons. The van der Waals surface area contributed by atoms with E-state index in [0.29, 0.717) is 83.0 Å². The quantitative estimate of drug-likeness (QED) is 0.0869. The summed E-state index contributed by atoms with van der Waals surface area (Å²) in [6.45, 7) is 39.8. The van der Waals surface area contributed by atoms with E-state index < -0.39 is 5.82 Å². The van der Waals surface area contributed by atoms with Crippen LogP contribution in [0.2, 0.25) is 0 Å². The van der Waals surface area contributed by atoms with Gasteiger partial charge in [-0.3, -0.25) is 33.8 Å². The van der Waals surface area contributed by atoms with E-state index in [9.17, 15) is 38.0 Å². The van der Waals surface area contributed by atoms with Gasteiger partial charge in [-0.15, -0.1) is 0 Å². The Kier molecular flexibility index (Phi) is 27.5. The van der Waals surface area contributed by atoms with E-state index in [1.807, 2.05) is 68.6 Å². The molecule has 0 saturated heterocycles. The number of aromatic nitrogens is 4. The maximum atomic E-state index is 13.1. The molecule has 3 aromatic heterocycles. The summed E-state index contributed by atoms with van der Waals surface area (Å²) in [5.74, 6) is 3.70. The molecule has 6 aliphatic rings. The average Bonchev–Trinajstić information content (AvgIpc) is 1.57. The van der Waals surface area contributed by atoms with Crippen molar-refractivity contribution in [3.8, 4) is 0 Å². The summed E-state index contributed by atoms with van der Waals surface area (Å²) in [6, 6.07) is 40.7. The van der Waals surface area contributed by atoms with Gasteiger partial charge in [0.15, 0.2) is 17.3 Å². The van der Waals surface area contributed by atoms with Crippen molar-refractivity contribution in [2.45, 2.75) is 216 Å². The van der Waals surface area contributed by atoms with Crippen LogP contribution >= 0.6 is 0 Å². The number of aromatic amines is 2. The molecule has 2 aliphatic heterocycles. The number of H-pyrrole nitrogens is 2. The number of carbonyl (C=O) groups is 5. The Hall–Kier alpha value is -10.3. The van der Waals surface area contributed by atoms with Crippen molar-refractivity contribution in [3.63, 3.8) is 0 Å². The molecule has 1 fully saturated rings. The Morgan fingerprint density at radius 1 is 0.543 bits per heavy atom. The Bertz CT molecular complexity index is 4790. The molecule has 1 spiro atoms. The van der Waals surface area contributed by atoms with Gasteiger partial charge in [0.1, 0.15) is 5.82 Å². The van der Waals surface area contributed by atoms with Crippen LogP contribution in [0.1, 0.15) is 310 Å². The molecule has 0 unspecified atom stereocenters. The fraction of sp³-hybridized carbons (Fsp3) is 0.367. The molecule has 1 saturated carbocycles. The zero-order chi connectivity index (χ0) is 76.7. The highest BCUT2D eigenvalue weighted by Crippen LogP contribution is 2.57. The summed E-state index contributed by atoms with van der Waals surface area (Å²) in [6.07, 6.45) is 15.3. The SMILES string of the molecule is C=C1NC(=O)Nc2c1cccc2C(C)C.CC(=O)c1cc(C(C)C)ccc1F.CC(C)c1cc[nH]c(=O)c1.CC(C)c1ccc2c(c1)C(=O)CC2.CC(C)c1ccc2c(c1)C(=O)CC21CC1.CC(C)c1cccc2c(=O)[nH]cnc12.CC(C)c1cccc2c1CNC2=O.CC(C)c1cnc2c(c1)C=CC2. The lowest BCUT2D eigenvalue weighted by Crippen LogP contribution is -2.32. The van der Waals surface area contributed by atoms with Crippen LogP contribution < -0.4 is 27.1 Å². The van der Waals surface area contributed by atoms with E-state index in [-0.39, 0.29) is 39.8 Å². The fourth-order valence-electron chi connectivity index (χ4n) is 13.2. The monoisotopic (exact) mass is 1420 g/mol. The van der Waals surface area contributed by atoms with E-state index in [0.717, 1.165) is 75.0 Å². The van der Waals surface area contributed by atoms with Crippen molar-refractivity contribution in [2.75, 3.05) is 5.32 Å². The molecule has 5 heterocycles. The average molecular weight is 1420 g/mol. The molecule has 14 nitrogen and oxygen atoms in total. The number of aryl methyl sites for hydroxylation is 1. The summed E-state index contributed by atoms with van der Waals surface area (Å²) >= 11 is 0. The molecule has 15 heteroatoms. The fourth-order valence-corrected chi connectivity index (χ4v) is 13.2. The Morgan fingerprint density at radius 3 is 1.73 bits per heavy atom. The standard InChI is InChI=1S/C14H16O.C12H14N2O.C12H14O.C11H13FO.C11H12N2O.C11H13NO.C11H13N.C8H11NO/c1-9(2)10-3-4-12-11(7-10)13(15)8-14(12)5-6-14;1-7(2)9-5-4-6-10-8(3)13-12(15)14-11(9)10;1-8(2)10-4-3-9-5-6-12(13)11(9)7-10;1-7(2)9-4-5-11(12)10(6-9)8(3)13;1-7(2)8-4-3-5-9-10(8)12-6-13-11(9)14;1-7(2)8-4-3-5-9-10(8)6-12-11(9)13;1-8(2)10-6-9-4-3-5-11(9)12-7-10;1-6(2)7-3-4-9-8(10)5-7/h3-4,7,9H,5-6,8H2,1-2H3;4-7H,3H2,1-2H3,(H2,13,14,15);3-4,7-8H,5-6H2,1-2H3;4-7H,1-3H3;3-7H,1-2H3,(H,12,13,14);3-5,7H,6H2,1-2H3,(H,12,13);3-4,6-8H,5H2,1-2H3;3-6H,1-2H3,(H,9,10). The number of allylic oxidation sites excluding steroid dienone is 1. The number of para-hydroxylation sites is 2. The van der Waals surface area contributed by atoms with E-state index in [1.165, 1.54) is 82.4 Å². The van der Waals surface area contributed by atoms with Crippen LogP contribution in [0.15, 0.2) is 168 Å². The van der Waals surface area contributed by atoms with Crippen LogP contribution in [-0.2, 0) is 24.8 Å². The van der Waals surface area contributed by atoms with Crippen LogP contribution in [0.25, 0.3) is 22.7 Å². The number of nitrogens with zero attached hydrogens (tertiary/aromatic N) is 2. The maximum Gasteiger partial charge on any atom is 0.323 e. The lowest BCUT2D eigenvalue weighted by molar-refractivity contribution is 0.0961. The highest BCUT2D eigenvalue weighted by molar-refractivity contribution is 6.04. The zero-order valence-corrected chi connectivity index (χ0v) is 64.4. The van der Waals surface area contributed by atoms with Gasteiger partial charge in [0.2, 0.25) is 5.56 Å². The van der Waals surface area contributed by atoms with Crippen LogP contribution in [0.3, 0.4) is 0 Å². The summed E-state index contributed by atoms with van der Waals surface area (Å²) in [5.41, 5.74) is 22.3. The first-order chi connectivity index (χ1) is 49.8. The summed E-state index contributed by atoms with van der Waals surface area (Å²) < 4.78 is 13.1. The lowest BCUT2D eigenvalue weighted by Gasteiger charge is -2.24. The minimum absolute atomic E-state index is 0.0220.